The Morgan fingerprint density at radius 1 is 0.833 bits per heavy atom. The highest BCUT2D eigenvalue weighted by Crippen LogP contribution is 2.35. The Morgan fingerprint density at radius 3 is 2.21 bits per heavy atom. The Morgan fingerprint density at radius 2 is 1.55 bits per heavy atom. The lowest BCUT2D eigenvalue weighted by Crippen LogP contribution is -2.64. The Kier molecular flexibility index (Phi) is 8.71. The van der Waals surface area contributed by atoms with E-state index in [0.717, 1.165) is 6.07 Å². The molecule has 3 heterocycles. The molecular formula is C28H32O14. The summed E-state index contributed by atoms with van der Waals surface area (Å²) in [7, 11) is 1.52. The first-order valence-corrected chi connectivity index (χ1v) is 13.1. The minimum atomic E-state index is -1.75. The third-order valence-corrected chi connectivity index (χ3v) is 7.33. The van der Waals surface area contributed by atoms with Crippen molar-refractivity contribution in [2.45, 2.75) is 68.3 Å². The molecule has 228 valence electrons. The van der Waals surface area contributed by atoms with Gasteiger partial charge >= 0.3 is 0 Å². The second-order valence-corrected chi connectivity index (χ2v) is 10.1. The molecule has 10 atom stereocenters. The molecule has 2 aromatic carbocycles. The summed E-state index contributed by atoms with van der Waals surface area (Å²) in [5.41, 5.74) is -0.0218. The summed E-state index contributed by atoms with van der Waals surface area (Å²) < 4.78 is 33.7. The third kappa shape index (κ3) is 5.68. The zero-order valence-electron chi connectivity index (χ0n) is 22.5. The fraction of sp³-hybridized carbons (Fsp3) is 0.464. The number of aromatic hydroxyl groups is 1. The minimum Gasteiger partial charge on any atom is -0.507 e. The standard InChI is InChI=1S/C28H32O14/c1-11-21(32)23(34)25(36)27(38-11)42-26-24(35)22(33)19(10-29)41-28(26)39-14-7-15(30)20-16(31)9-17(40-18(20)8-14)12-3-5-13(37-2)6-4-12/h3-9,11,19,21-30,32-36H,10H2,1-2H3/t11-,19-,21-,22-,23+,24+,25+,26-,27+,28-/m1/s1. The van der Waals surface area contributed by atoms with Gasteiger partial charge in [0.2, 0.25) is 6.29 Å². The SMILES string of the molecule is COc1ccc(-c2cc(=O)c3c(O)cc(O[C@@H]4O[C@H](CO)[C@@H](O)[C@H](O)[C@H]4O[C@@H]4O[C@H](C)[C@@H](O)[C@H](O)[C@@H]4O)cc3o2)cc1. The molecule has 2 saturated heterocycles. The van der Waals surface area contributed by atoms with Gasteiger partial charge < -0.3 is 63.8 Å². The van der Waals surface area contributed by atoms with Crippen LogP contribution >= 0.6 is 0 Å². The van der Waals surface area contributed by atoms with E-state index in [1.54, 1.807) is 24.3 Å². The number of phenols is 1. The van der Waals surface area contributed by atoms with Crippen molar-refractivity contribution in [3.63, 3.8) is 0 Å². The molecule has 5 rings (SSSR count). The van der Waals surface area contributed by atoms with E-state index in [2.05, 4.69) is 0 Å². The number of rotatable bonds is 7. The quantitative estimate of drug-likeness (QED) is 0.179. The van der Waals surface area contributed by atoms with Gasteiger partial charge in [-0.1, -0.05) is 0 Å². The molecule has 3 aromatic rings. The number of hydrogen-bond acceptors (Lipinski definition) is 14. The summed E-state index contributed by atoms with van der Waals surface area (Å²) >= 11 is 0. The lowest BCUT2D eigenvalue weighted by Gasteiger charge is -2.45. The van der Waals surface area contributed by atoms with Crippen molar-refractivity contribution in [1.29, 1.82) is 0 Å². The fourth-order valence-corrected chi connectivity index (χ4v) is 4.92. The summed E-state index contributed by atoms with van der Waals surface area (Å²) in [5, 5.41) is 72.1. The van der Waals surface area contributed by atoms with Crippen molar-refractivity contribution in [2.24, 2.45) is 0 Å². The van der Waals surface area contributed by atoms with Crippen LogP contribution in [-0.2, 0) is 14.2 Å². The van der Waals surface area contributed by atoms with Gasteiger partial charge in [0.25, 0.3) is 0 Å². The lowest BCUT2D eigenvalue weighted by molar-refractivity contribution is -0.354. The van der Waals surface area contributed by atoms with Crippen LogP contribution in [0, 0.1) is 0 Å². The number of hydrogen-bond donors (Lipinski definition) is 7. The normalized spacial score (nSPS) is 33.4. The highest BCUT2D eigenvalue weighted by Gasteiger charge is 2.50. The maximum atomic E-state index is 12.9. The van der Waals surface area contributed by atoms with Gasteiger partial charge in [0, 0.05) is 23.8 Å². The van der Waals surface area contributed by atoms with Crippen molar-refractivity contribution in [3.05, 3.63) is 52.7 Å². The molecule has 0 amide bonds. The van der Waals surface area contributed by atoms with E-state index >= 15 is 0 Å². The van der Waals surface area contributed by atoms with Gasteiger partial charge in [0.15, 0.2) is 17.8 Å². The molecule has 0 aliphatic carbocycles. The maximum Gasteiger partial charge on any atom is 0.229 e. The van der Waals surface area contributed by atoms with Crippen LogP contribution in [0.15, 0.2) is 51.7 Å². The molecule has 14 nitrogen and oxygen atoms in total. The third-order valence-electron chi connectivity index (χ3n) is 7.33. The molecule has 0 radical (unpaired) electrons. The fourth-order valence-electron chi connectivity index (χ4n) is 4.92. The number of aliphatic hydroxyl groups is 6. The number of fused-ring (bicyclic) bond motifs is 1. The monoisotopic (exact) mass is 592 g/mol. The number of phenolic OH excluding ortho intramolecular Hbond substituents is 1. The first-order chi connectivity index (χ1) is 20.0. The van der Waals surface area contributed by atoms with E-state index in [4.69, 9.17) is 28.1 Å². The molecule has 42 heavy (non-hydrogen) atoms. The predicted molar refractivity (Wildman–Crippen MR) is 142 cm³/mol. The largest absolute Gasteiger partial charge is 0.507 e. The van der Waals surface area contributed by atoms with Gasteiger partial charge in [0.05, 0.1) is 19.8 Å². The van der Waals surface area contributed by atoms with Gasteiger partial charge in [-0.05, 0) is 31.2 Å². The molecule has 7 N–H and O–H groups in total. The number of benzene rings is 2. The maximum absolute atomic E-state index is 12.9. The molecule has 1 aromatic heterocycles. The Labute approximate surface area is 238 Å². The summed E-state index contributed by atoms with van der Waals surface area (Å²) in [6.07, 6.45) is -15.2. The summed E-state index contributed by atoms with van der Waals surface area (Å²) in [5.74, 6) is 0.197. The van der Waals surface area contributed by atoms with E-state index in [0.29, 0.717) is 11.3 Å². The number of ether oxygens (including phenoxy) is 5. The van der Waals surface area contributed by atoms with Crippen molar-refractivity contribution in [2.75, 3.05) is 13.7 Å². The van der Waals surface area contributed by atoms with E-state index in [-0.39, 0.29) is 22.5 Å². The molecule has 14 heteroatoms. The smallest absolute Gasteiger partial charge is 0.229 e. The van der Waals surface area contributed by atoms with E-state index in [1.165, 1.54) is 26.2 Å². The molecule has 0 saturated carbocycles. The second kappa shape index (κ2) is 12.1. The van der Waals surface area contributed by atoms with Crippen LogP contribution in [0.2, 0.25) is 0 Å². The summed E-state index contributed by atoms with van der Waals surface area (Å²) in [6, 6.07) is 10.4. The molecule has 2 fully saturated rings. The molecule has 2 aliphatic rings. The Bertz CT molecular complexity index is 1440. The van der Waals surface area contributed by atoms with Gasteiger partial charge in [-0.2, -0.15) is 0 Å². The summed E-state index contributed by atoms with van der Waals surface area (Å²) in [4.78, 5) is 12.9. The topological polar surface area (TPSA) is 218 Å². The molecule has 2 aliphatic heterocycles. The first-order valence-electron chi connectivity index (χ1n) is 13.1. The second-order valence-electron chi connectivity index (χ2n) is 10.1. The van der Waals surface area contributed by atoms with E-state index in [1.807, 2.05) is 0 Å². The average molecular weight is 593 g/mol. The summed E-state index contributed by atoms with van der Waals surface area (Å²) in [6.45, 7) is 0.721. The Hall–Kier alpha value is -3.31. The van der Waals surface area contributed by atoms with Crippen LogP contribution in [0.3, 0.4) is 0 Å². The molecule has 0 unspecified atom stereocenters. The van der Waals surface area contributed by atoms with Crippen molar-refractivity contribution in [1.82, 2.24) is 0 Å². The van der Waals surface area contributed by atoms with Gasteiger partial charge in [-0.25, -0.2) is 0 Å². The molecule has 0 spiro atoms. The lowest BCUT2D eigenvalue weighted by atomic mass is 9.97. The van der Waals surface area contributed by atoms with Crippen LogP contribution < -0.4 is 14.9 Å². The van der Waals surface area contributed by atoms with Crippen LogP contribution in [0.25, 0.3) is 22.3 Å². The van der Waals surface area contributed by atoms with Crippen molar-refractivity contribution in [3.8, 4) is 28.6 Å². The predicted octanol–water partition coefficient (Wildman–Crippen LogP) is -0.795. The molecule has 0 bridgehead atoms. The van der Waals surface area contributed by atoms with E-state index < -0.39 is 79.2 Å². The van der Waals surface area contributed by atoms with Crippen LogP contribution in [0.5, 0.6) is 17.2 Å². The van der Waals surface area contributed by atoms with Crippen LogP contribution in [0.4, 0.5) is 0 Å². The van der Waals surface area contributed by atoms with Crippen LogP contribution in [-0.4, -0.2) is 111 Å². The van der Waals surface area contributed by atoms with Gasteiger partial charge in [0.1, 0.15) is 70.6 Å². The van der Waals surface area contributed by atoms with E-state index in [9.17, 15) is 40.5 Å². The zero-order chi connectivity index (χ0) is 30.3. The molecular weight excluding hydrogens is 560 g/mol. The minimum absolute atomic E-state index is 0.0483. The Balaban J connectivity index is 1.47. The number of methoxy groups -OCH3 is 1. The first kappa shape index (κ1) is 30.2. The van der Waals surface area contributed by atoms with Crippen LogP contribution in [0.1, 0.15) is 6.92 Å². The average Bonchev–Trinajstić information content (AvgIpc) is 2.97. The van der Waals surface area contributed by atoms with Crippen molar-refractivity contribution < 1.29 is 63.8 Å². The van der Waals surface area contributed by atoms with Gasteiger partial charge in [-0.3, -0.25) is 4.79 Å². The highest BCUT2D eigenvalue weighted by atomic mass is 16.8. The number of aliphatic hydroxyl groups excluding tert-OH is 6. The van der Waals surface area contributed by atoms with Crippen molar-refractivity contribution >= 4 is 11.0 Å². The van der Waals surface area contributed by atoms with Gasteiger partial charge in [-0.15, -0.1) is 0 Å². The highest BCUT2D eigenvalue weighted by molar-refractivity contribution is 5.86. The zero-order valence-corrected chi connectivity index (χ0v) is 22.5.